The molecule has 4 aromatic heterocycles. The van der Waals surface area contributed by atoms with Gasteiger partial charge in [-0.15, -0.1) is 0 Å². The molecule has 0 fully saturated rings. The summed E-state index contributed by atoms with van der Waals surface area (Å²) < 4.78 is 22.8. The summed E-state index contributed by atoms with van der Waals surface area (Å²) >= 11 is 12.1. The minimum atomic E-state index is -0.626. The van der Waals surface area contributed by atoms with Crippen LogP contribution in [-0.4, -0.2) is 69.1 Å². The number of halogens is 2. The van der Waals surface area contributed by atoms with E-state index in [-0.39, 0.29) is 53.4 Å². The normalized spacial score (nSPS) is 11.1. The van der Waals surface area contributed by atoms with Crippen LogP contribution in [0.2, 0.25) is 10.0 Å². The summed E-state index contributed by atoms with van der Waals surface area (Å²) in [6.45, 7) is 5.81. The highest BCUT2D eigenvalue weighted by molar-refractivity contribution is 6.31. The second-order valence-corrected chi connectivity index (χ2v) is 12.1. The standard InChI is InChI=1S/C18H18ClN3O4.C17H16ClN3O4/c1-4-26-18(24)15-12(9-25-3)16-17(23)20-14(8-22(16)21-15)11-5-6-13(19)10(2)7-11;1-9-6-10(4-5-12(9)18)13-7-21-15(16(22)19-13)11(8-24-2)14(20-21)17(23)25-3/h5-8H,4,9H2,1-3H3,(H,20,23);4-7H,8H2,1-3H3,(H,19,22). The van der Waals surface area contributed by atoms with Gasteiger partial charge in [-0.05, 0) is 67.3 Å². The molecule has 0 bridgehead atoms. The van der Waals surface area contributed by atoms with Gasteiger partial charge in [0.05, 0.1) is 50.7 Å². The summed E-state index contributed by atoms with van der Waals surface area (Å²) in [5, 5.41) is 9.74. The van der Waals surface area contributed by atoms with Crippen molar-refractivity contribution in [3.8, 4) is 22.5 Å². The van der Waals surface area contributed by atoms with E-state index in [4.69, 9.17) is 42.1 Å². The number of nitrogens with one attached hydrogen (secondary N) is 2. The summed E-state index contributed by atoms with van der Waals surface area (Å²) in [6, 6.07) is 10.9. The molecule has 6 aromatic rings. The smallest absolute Gasteiger partial charge is 0.359 e. The Labute approximate surface area is 300 Å². The van der Waals surface area contributed by atoms with E-state index in [0.717, 1.165) is 22.3 Å². The Balaban J connectivity index is 0.000000198. The Morgan fingerprint density at radius 3 is 1.53 bits per heavy atom. The zero-order valence-electron chi connectivity index (χ0n) is 28.6. The van der Waals surface area contributed by atoms with Crippen molar-refractivity contribution in [2.45, 2.75) is 34.0 Å². The van der Waals surface area contributed by atoms with Gasteiger partial charge in [0.2, 0.25) is 0 Å². The van der Waals surface area contributed by atoms with E-state index in [2.05, 4.69) is 20.2 Å². The maximum absolute atomic E-state index is 12.7. The van der Waals surface area contributed by atoms with Gasteiger partial charge in [0, 0.05) is 35.4 Å². The van der Waals surface area contributed by atoms with Crippen LogP contribution < -0.4 is 11.1 Å². The molecular formula is C35H34Cl2N6O8. The number of hydrogen-bond donors (Lipinski definition) is 2. The number of benzene rings is 2. The van der Waals surface area contributed by atoms with Crippen molar-refractivity contribution < 1.29 is 28.5 Å². The number of aryl methyl sites for hydroxylation is 2. The molecule has 0 spiro atoms. The topological polar surface area (TPSA) is 171 Å². The number of hydrogen-bond acceptors (Lipinski definition) is 10. The first kappa shape index (κ1) is 37.0. The second-order valence-electron chi connectivity index (χ2n) is 11.2. The number of rotatable bonds is 9. The van der Waals surface area contributed by atoms with Gasteiger partial charge in [-0.2, -0.15) is 10.2 Å². The van der Waals surface area contributed by atoms with Crippen molar-refractivity contribution in [1.29, 1.82) is 0 Å². The fraction of sp³-hybridized carbons (Fsp3) is 0.257. The highest BCUT2D eigenvalue weighted by Crippen LogP contribution is 2.25. The number of carbonyl (C=O) groups excluding carboxylic acids is 2. The number of carbonyl (C=O) groups is 2. The van der Waals surface area contributed by atoms with Crippen molar-refractivity contribution in [2.75, 3.05) is 27.9 Å². The zero-order valence-corrected chi connectivity index (χ0v) is 30.1. The Hall–Kier alpha value is -5.28. The van der Waals surface area contributed by atoms with Crippen LogP contribution in [0.3, 0.4) is 0 Å². The lowest BCUT2D eigenvalue weighted by Gasteiger charge is -2.05. The predicted molar refractivity (Wildman–Crippen MR) is 191 cm³/mol. The van der Waals surface area contributed by atoms with E-state index in [1.165, 1.54) is 30.4 Å². The van der Waals surface area contributed by atoms with E-state index >= 15 is 0 Å². The van der Waals surface area contributed by atoms with E-state index in [1.54, 1.807) is 43.6 Å². The highest BCUT2D eigenvalue weighted by Gasteiger charge is 2.24. The molecule has 0 atom stereocenters. The number of nitrogens with zero attached hydrogens (tertiary/aromatic N) is 4. The van der Waals surface area contributed by atoms with Gasteiger partial charge < -0.3 is 28.9 Å². The minimum Gasteiger partial charge on any atom is -0.464 e. The molecule has 2 N–H and O–H groups in total. The molecule has 0 saturated carbocycles. The third kappa shape index (κ3) is 7.59. The maximum atomic E-state index is 12.7. The van der Waals surface area contributed by atoms with Crippen LogP contribution in [-0.2, 0) is 32.2 Å². The monoisotopic (exact) mass is 736 g/mol. The van der Waals surface area contributed by atoms with Gasteiger partial charge in [-0.1, -0.05) is 35.3 Å². The van der Waals surface area contributed by atoms with Gasteiger partial charge in [0.25, 0.3) is 11.1 Å². The SMILES string of the molecule is CCOC(=O)c1nn2cc(-c3ccc(Cl)c(C)c3)[nH]c(=O)c2c1COC.COCc1c(C(=O)OC)nn2cc(-c3ccc(Cl)c(C)c3)[nH]c(=O)c12. The number of aromatic amines is 2. The average Bonchev–Trinajstić information content (AvgIpc) is 3.66. The van der Waals surface area contributed by atoms with Crippen LogP contribution in [0.25, 0.3) is 33.5 Å². The lowest BCUT2D eigenvalue weighted by Crippen LogP contribution is -2.13. The third-order valence-corrected chi connectivity index (χ3v) is 8.66. The number of esters is 2. The number of H-pyrrole nitrogens is 2. The summed E-state index contributed by atoms with van der Waals surface area (Å²) in [6.07, 6.45) is 3.30. The molecule has 0 aliphatic carbocycles. The predicted octanol–water partition coefficient (Wildman–Crippen LogP) is 5.56. The van der Waals surface area contributed by atoms with Gasteiger partial charge in [-0.25, -0.2) is 18.6 Å². The van der Waals surface area contributed by atoms with E-state index in [9.17, 15) is 19.2 Å². The maximum Gasteiger partial charge on any atom is 0.359 e. The quantitative estimate of drug-likeness (QED) is 0.179. The Morgan fingerprint density at radius 1 is 0.725 bits per heavy atom. The lowest BCUT2D eigenvalue weighted by molar-refractivity contribution is 0.0513. The first-order valence-corrected chi connectivity index (χ1v) is 16.2. The van der Waals surface area contributed by atoms with Gasteiger partial charge in [0.1, 0.15) is 11.0 Å². The summed E-state index contributed by atoms with van der Waals surface area (Å²) in [5.41, 5.74) is 5.11. The van der Waals surface area contributed by atoms with Crippen molar-refractivity contribution in [3.05, 3.63) is 113 Å². The van der Waals surface area contributed by atoms with Crippen LogP contribution in [0.4, 0.5) is 0 Å². The molecule has 51 heavy (non-hydrogen) atoms. The summed E-state index contributed by atoms with van der Waals surface area (Å²) in [4.78, 5) is 55.0. The number of aromatic nitrogens is 6. The van der Waals surface area contributed by atoms with Crippen LogP contribution in [0.5, 0.6) is 0 Å². The molecule has 0 saturated heterocycles. The number of fused-ring (bicyclic) bond motifs is 2. The van der Waals surface area contributed by atoms with Crippen molar-refractivity contribution in [2.24, 2.45) is 0 Å². The zero-order chi connectivity index (χ0) is 37.0. The molecule has 266 valence electrons. The van der Waals surface area contributed by atoms with E-state index in [1.807, 2.05) is 26.0 Å². The van der Waals surface area contributed by atoms with Gasteiger partial charge >= 0.3 is 11.9 Å². The van der Waals surface area contributed by atoms with Crippen LogP contribution >= 0.6 is 23.2 Å². The molecule has 16 heteroatoms. The molecule has 0 aliphatic heterocycles. The largest absolute Gasteiger partial charge is 0.464 e. The Morgan fingerprint density at radius 2 is 1.16 bits per heavy atom. The third-order valence-electron chi connectivity index (χ3n) is 7.81. The molecule has 0 radical (unpaired) electrons. The van der Waals surface area contributed by atoms with Gasteiger partial charge in [-0.3, -0.25) is 9.59 Å². The van der Waals surface area contributed by atoms with E-state index in [0.29, 0.717) is 32.6 Å². The Bertz CT molecular complexity index is 2390. The van der Waals surface area contributed by atoms with E-state index < -0.39 is 11.9 Å². The van der Waals surface area contributed by atoms with Crippen LogP contribution in [0.15, 0.2) is 58.4 Å². The second kappa shape index (κ2) is 15.7. The summed E-state index contributed by atoms with van der Waals surface area (Å²) in [7, 11) is 4.22. The fourth-order valence-corrected chi connectivity index (χ4v) is 5.62. The molecule has 0 unspecified atom stereocenters. The van der Waals surface area contributed by atoms with Crippen LogP contribution in [0.1, 0.15) is 50.2 Å². The molecule has 2 aromatic carbocycles. The number of ether oxygens (including phenoxy) is 4. The molecule has 6 rings (SSSR count). The molecule has 0 amide bonds. The summed E-state index contributed by atoms with van der Waals surface area (Å²) in [5.74, 6) is -1.22. The van der Waals surface area contributed by atoms with Crippen LogP contribution in [0, 0.1) is 13.8 Å². The molecule has 4 heterocycles. The first-order valence-electron chi connectivity index (χ1n) is 15.5. The van der Waals surface area contributed by atoms with Crippen molar-refractivity contribution in [1.82, 2.24) is 29.2 Å². The number of methoxy groups -OCH3 is 3. The van der Waals surface area contributed by atoms with Crippen molar-refractivity contribution in [3.63, 3.8) is 0 Å². The average molecular weight is 738 g/mol. The fourth-order valence-electron chi connectivity index (χ4n) is 5.38. The lowest BCUT2D eigenvalue weighted by atomic mass is 10.1. The van der Waals surface area contributed by atoms with Gasteiger partial charge in [0.15, 0.2) is 11.4 Å². The van der Waals surface area contributed by atoms with Crippen molar-refractivity contribution >= 4 is 46.2 Å². The highest BCUT2D eigenvalue weighted by atomic mass is 35.5. The molecule has 14 nitrogen and oxygen atoms in total. The first-order chi connectivity index (χ1) is 24.4. The molecular weight excluding hydrogens is 703 g/mol. The Kier molecular flexibility index (Phi) is 11.4. The minimum absolute atomic E-state index is 0.0549. The molecule has 0 aliphatic rings.